The van der Waals surface area contributed by atoms with Crippen LogP contribution in [-0.2, 0) is 4.74 Å². The maximum atomic E-state index is 5.27. The van der Waals surface area contributed by atoms with Crippen molar-refractivity contribution in [3.8, 4) is 0 Å². The predicted octanol–water partition coefficient (Wildman–Crippen LogP) is 3.67. The summed E-state index contributed by atoms with van der Waals surface area (Å²) in [7, 11) is 1.57. The van der Waals surface area contributed by atoms with Crippen LogP contribution >= 0.6 is 0 Å². The second-order valence-electron chi connectivity index (χ2n) is 5.02. The summed E-state index contributed by atoms with van der Waals surface area (Å²) in [5.41, 5.74) is 2.80. The summed E-state index contributed by atoms with van der Waals surface area (Å²) in [6.45, 7) is 11.9. The van der Waals surface area contributed by atoms with Crippen LogP contribution in [0.25, 0.3) is 0 Å². The third kappa shape index (κ3) is 4.03. The summed E-state index contributed by atoms with van der Waals surface area (Å²) in [6, 6.07) is 8.00. The molecule has 0 amide bonds. The van der Waals surface area contributed by atoms with Gasteiger partial charge < -0.3 is 20.3 Å². The lowest BCUT2D eigenvalue weighted by Crippen LogP contribution is -2.28. The molecular formula is C18H22N4O. The standard InChI is InChI=1S/C18H22N4O/c1-6-11-22-12-17(21-18(23-5)14(22)3)20-15(4)19-16-10-8-7-9-13(16)2/h6-12,19-20H,3-4H2,1-2,5H3/b11-6-. The van der Waals surface area contributed by atoms with Gasteiger partial charge in [-0.1, -0.05) is 37.4 Å². The first-order valence-corrected chi connectivity index (χ1v) is 7.28. The highest BCUT2D eigenvalue weighted by atomic mass is 16.5. The number of benzene rings is 1. The highest BCUT2D eigenvalue weighted by molar-refractivity contribution is 5.94. The van der Waals surface area contributed by atoms with E-state index in [1.807, 2.05) is 61.5 Å². The molecule has 2 rings (SSSR count). The molecule has 5 heteroatoms. The van der Waals surface area contributed by atoms with Crippen molar-refractivity contribution in [2.75, 3.05) is 12.4 Å². The smallest absolute Gasteiger partial charge is 0.239 e. The summed E-state index contributed by atoms with van der Waals surface area (Å²) in [4.78, 5) is 6.23. The molecule has 0 atom stereocenters. The normalized spacial score (nSPS) is 14.4. The molecule has 1 heterocycles. The van der Waals surface area contributed by atoms with E-state index >= 15 is 0 Å². The molecule has 1 aliphatic rings. The molecular weight excluding hydrogens is 288 g/mol. The Morgan fingerprint density at radius 2 is 2.04 bits per heavy atom. The third-order valence-corrected chi connectivity index (χ3v) is 3.25. The largest absolute Gasteiger partial charge is 0.479 e. The number of nitrogens with zero attached hydrogens (tertiary/aromatic N) is 2. The monoisotopic (exact) mass is 310 g/mol. The van der Waals surface area contributed by atoms with Crippen LogP contribution in [0.1, 0.15) is 12.5 Å². The molecule has 0 radical (unpaired) electrons. The van der Waals surface area contributed by atoms with Gasteiger partial charge in [0.05, 0.1) is 13.3 Å². The van der Waals surface area contributed by atoms with Crippen molar-refractivity contribution < 1.29 is 4.74 Å². The Morgan fingerprint density at radius 1 is 1.30 bits per heavy atom. The number of hydrogen-bond acceptors (Lipinski definition) is 5. The number of nitrogens with one attached hydrogen (secondary N) is 2. The third-order valence-electron chi connectivity index (χ3n) is 3.25. The molecule has 1 aromatic rings. The van der Waals surface area contributed by atoms with Crippen molar-refractivity contribution in [1.29, 1.82) is 0 Å². The van der Waals surface area contributed by atoms with Gasteiger partial charge in [0.25, 0.3) is 0 Å². The number of methoxy groups -OCH3 is 1. The highest BCUT2D eigenvalue weighted by Crippen LogP contribution is 2.18. The van der Waals surface area contributed by atoms with E-state index in [9.17, 15) is 0 Å². The van der Waals surface area contributed by atoms with Crippen LogP contribution in [0.2, 0.25) is 0 Å². The van der Waals surface area contributed by atoms with E-state index in [1.165, 1.54) is 0 Å². The minimum atomic E-state index is 0.455. The molecule has 0 unspecified atom stereocenters. The van der Waals surface area contributed by atoms with E-state index < -0.39 is 0 Å². The number of anilines is 1. The zero-order chi connectivity index (χ0) is 16.8. The van der Waals surface area contributed by atoms with Crippen LogP contribution in [0, 0.1) is 6.92 Å². The average Bonchev–Trinajstić information content (AvgIpc) is 2.52. The van der Waals surface area contributed by atoms with E-state index in [-0.39, 0.29) is 0 Å². The fourth-order valence-corrected chi connectivity index (χ4v) is 2.10. The van der Waals surface area contributed by atoms with Crippen LogP contribution in [0.3, 0.4) is 0 Å². The van der Waals surface area contributed by atoms with Crippen LogP contribution in [-0.4, -0.2) is 17.9 Å². The summed E-state index contributed by atoms with van der Waals surface area (Å²) < 4.78 is 5.27. The quantitative estimate of drug-likeness (QED) is 0.871. The molecule has 23 heavy (non-hydrogen) atoms. The molecule has 120 valence electrons. The second kappa shape index (κ2) is 7.35. The molecule has 0 aromatic heterocycles. The van der Waals surface area contributed by atoms with Gasteiger partial charge in [0.15, 0.2) is 5.82 Å². The van der Waals surface area contributed by atoms with Gasteiger partial charge in [-0.2, -0.15) is 4.99 Å². The lowest BCUT2D eigenvalue weighted by Gasteiger charge is -2.25. The topological polar surface area (TPSA) is 48.9 Å². The van der Waals surface area contributed by atoms with Gasteiger partial charge in [0.1, 0.15) is 11.5 Å². The zero-order valence-corrected chi connectivity index (χ0v) is 13.8. The Bertz CT molecular complexity index is 701. The molecule has 0 saturated heterocycles. The van der Waals surface area contributed by atoms with Gasteiger partial charge in [-0.05, 0) is 25.5 Å². The number of hydrogen-bond donors (Lipinski definition) is 2. The van der Waals surface area contributed by atoms with Gasteiger partial charge in [0.2, 0.25) is 5.90 Å². The molecule has 1 aromatic carbocycles. The Morgan fingerprint density at radius 3 is 2.70 bits per heavy atom. The molecule has 0 fully saturated rings. The number of para-hydroxylation sites is 1. The molecule has 1 aliphatic heterocycles. The van der Waals surface area contributed by atoms with Crippen LogP contribution in [0.5, 0.6) is 0 Å². The lowest BCUT2D eigenvalue weighted by atomic mass is 10.2. The summed E-state index contributed by atoms with van der Waals surface area (Å²) in [5, 5.41) is 6.37. The van der Waals surface area contributed by atoms with E-state index in [2.05, 4.69) is 28.8 Å². The summed E-state index contributed by atoms with van der Waals surface area (Å²) in [5.74, 6) is 1.69. The fourth-order valence-electron chi connectivity index (χ4n) is 2.10. The molecule has 0 bridgehead atoms. The first-order chi connectivity index (χ1) is 11.0. The van der Waals surface area contributed by atoms with Gasteiger partial charge in [-0.15, -0.1) is 0 Å². The molecule has 0 saturated carbocycles. The van der Waals surface area contributed by atoms with E-state index in [1.54, 1.807) is 7.11 Å². The van der Waals surface area contributed by atoms with E-state index in [0.717, 1.165) is 11.3 Å². The second-order valence-corrected chi connectivity index (χ2v) is 5.02. The Labute approximate surface area is 137 Å². The average molecular weight is 310 g/mol. The van der Waals surface area contributed by atoms with E-state index in [0.29, 0.717) is 23.2 Å². The highest BCUT2D eigenvalue weighted by Gasteiger charge is 2.17. The Balaban J connectivity index is 2.13. The first-order valence-electron chi connectivity index (χ1n) is 7.28. The van der Waals surface area contributed by atoms with Gasteiger partial charge in [-0.25, -0.2) is 0 Å². The van der Waals surface area contributed by atoms with Crippen LogP contribution in [0.15, 0.2) is 78.2 Å². The van der Waals surface area contributed by atoms with Crippen molar-refractivity contribution in [3.63, 3.8) is 0 Å². The number of aryl methyl sites for hydroxylation is 1. The maximum absolute atomic E-state index is 5.27. The zero-order valence-electron chi connectivity index (χ0n) is 13.8. The Kier molecular flexibility index (Phi) is 5.25. The first kappa shape index (κ1) is 16.4. The van der Waals surface area contributed by atoms with Gasteiger partial charge >= 0.3 is 0 Å². The number of rotatable bonds is 5. The Hall–Kier alpha value is -2.95. The minimum Gasteiger partial charge on any atom is -0.479 e. The molecule has 0 aliphatic carbocycles. The van der Waals surface area contributed by atoms with Crippen molar-refractivity contribution in [2.45, 2.75) is 13.8 Å². The maximum Gasteiger partial charge on any atom is 0.239 e. The fraction of sp³-hybridized carbons (Fsp3) is 0.167. The minimum absolute atomic E-state index is 0.455. The summed E-state index contributed by atoms with van der Waals surface area (Å²) in [6.07, 6.45) is 5.63. The van der Waals surface area contributed by atoms with Crippen LogP contribution in [0.4, 0.5) is 5.69 Å². The van der Waals surface area contributed by atoms with Gasteiger partial charge in [0, 0.05) is 11.9 Å². The van der Waals surface area contributed by atoms with Crippen molar-refractivity contribution in [3.05, 3.63) is 78.8 Å². The predicted molar refractivity (Wildman–Crippen MR) is 95.4 cm³/mol. The number of aliphatic imine (C=N–C) groups is 1. The molecule has 5 nitrogen and oxygen atoms in total. The van der Waals surface area contributed by atoms with Crippen molar-refractivity contribution >= 4 is 11.6 Å². The summed E-state index contributed by atoms with van der Waals surface area (Å²) >= 11 is 0. The lowest BCUT2D eigenvalue weighted by molar-refractivity contribution is 0.387. The molecule has 2 N–H and O–H groups in total. The van der Waals surface area contributed by atoms with Crippen LogP contribution < -0.4 is 10.6 Å². The molecule has 0 spiro atoms. The van der Waals surface area contributed by atoms with E-state index in [4.69, 9.17) is 4.74 Å². The van der Waals surface area contributed by atoms with Crippen molar-refractivity contribution in [1.82, 2.24) is 10.2 Å². The number of ether oxygens (including phenoxy) is 1. The van der Waals surface area contributed by atoms with Crippen molar-refractivity contribution in [2.24, 2.45) is 4.99 Å². The number of allylic oxidation sites excluding steroid dienone is 1. The van der Waals surface area contributed by atoms with Gasteiger partial charge in [-0.3, -0.25) is 0 Å². The SMILES string of the molecule is C=C(NC1=CN(/C=C\C)C(=C)C(OC)=N1)Nc1ccccc1C.